The number of carbonyl (C=O) groups excluding carboxylic acids is 1. The van der Waals surface area contributed by atoms with Crippen LogP contribution in [0.1, 0.15) is 17.0 Å². The molecule has 0 bridgehead atoms. The highest BCUT2D eigenvalue weighted by Gasteiger charge is 2.13. The number of aromatic nitrogens is 3. The second-order valence-corrected chi connectivity index (χ2v) is 6.72. The van der Waals surface area contributed by atoms with Gasteiger partial charge in [-0.2, -0.15) is 16.3 Å². The summed E-state index contributed by atoms with van der Waals surface area (Å²) < 4.78 is 5.37. The first-order valence-electron chi connectivity index (χ1n) is 8.40. The third kappa shape index (κ3) is 4.27. The van der Waals surface area contributed by atoms with Crippen LogP contribution in [-0.2, 0) is 17.6 Å². The van der Waals surface area contributed by atoms with Crippen LogP contribution in [0.25, 0.3) is 11.4 Å². The molecule has 4 rings (SSSR count). The molecule has 0 saturated heterocycles. The van der Waals surface area contributed by atoms with Gasteiger partial charge in [0.1, 0.15) is 0 Å². The number of hydrogen-bond acceptors (Lipinski definition) is 6. The molecule has 1 N–H and O–H groups in total. The first-order valence-corrected chi connectivity index (χ1v) is 9.34. The fourth-order valence-corrected chi connectivity index (χ4v) is 3.34. The Morgan fingerprint density at radius 1 is 1.15 bits per heavy atom. The lowest BCUT2D eigenvalue weighted by molar-refractivity contribution is -0.115. The van der Waals surface area contributed by atoms with Gasteiger partial charge in [-0.25, -0.2) is 0 Å². The van der Waals surface area contributed by atoms with Gasteiger partial charge in [0.05, 0.1) is 12.8 Å². The Morgan fingerprint density at radius 3 is 2.89 bits per heavy atom. The summed E-state index contributed by atoms with van der Waals surface area (Å²) in [5.41, 5.74) is 3.47. The van der Waals surface area contributed by atoms with Gasteiger partial charge < -0.3 is 9.84 Å². The number of thiophene rings is 1. The summed E-state index contributed by atoms with van der Waals surface area (Å²) in [7, 11) is 0. The minimum atomic E-state index is -0.0533. The van der Waals surface area contributed by atoms with E-state index in [4.69, 9.17) is 4.52 Å². The lowest BCUT2D eigenvalue weighted by atomic mass is 10.1. The zero-order valence-corrected chi connectivity index (χ0v) is 15.1. The van der Waals surface area contributed by atoms with Gasteiger partial charge in [0.25, 0.3) is 0 Å². The van der Waals surface area contributed by atoms with Crippen LogP contribution in [-0.4, -0.2) is 21.0 Å². The molecule has 27 heavy (non-hydrogen) atoms. The van der Waals surface area contributed by atoms with E-state index >= 15 is 0 Å². The van der Waals surface area contributed by atoms with Crippen molar-refractivity contribution in [2.75, 3.05) is 5.32 Å². The number of rotatable bonds is 6. The molecule has 4 aromatic rings. The highest BCUT2D eigenvalue weighted by Crippen LogP contribution is 2.21. The standard InChI is InChI=1S/C20H16N4O2S/c25-18(10-14-7-9-27-13-14)22-17-6-2-1-4-15(17)11-19-23-20(24-26-19)16-5-3-8-21-12-16/h1-9,12-13H,10-11H2,(H,22,25). The normalized spacial score (nSPS) is 10.7. The topological polar surface area (TPSA) is 80.9 Å². The van der Waals surface area contributed by atoms with Crippen LogP contribution < -0.4 is 5.32 Å². The van der Waals surface area contributed by atoms with Crippen molar-refractivity contribution in [3.63, 3.8) is 0 Å². The van der Waals surface area contributed by atoms with Crippen LogP contribution in [0.5, 0.6) is 0 Å². The summed E-state index contributed by atoms with van der Waals surface area (Å²) in [5, 5.41) is 10.9. The Hall–Kier alpha value is -3.32. The Labute approximate surface area is 159 Å². The number of pyridine rings is 1. The van der Waals surface area contributed by atoms with Crippen LogP contribution in [0.4, 0.5) is 5.69 Å². The average molecular weight is 376 g/mol. The number of nitrogens with one attached hydrogen (secondary N) is 1. The van der Waals surface area contributed by atoms with E-state index < -0.39 is 0 Å². The lowest BCUT2D eigenvalue weighted by Gasteiger charge is -2.09. The van der Waals surface area contributed by atoms with Crippen molar-refractivity contribution in [2.45, 2.75) is 12.8 Å². The van der Waals surface area contributed by atoms with E-state index in [1.54, 1.807) is 23.7 Å². The van der Waals surface area contributed by atoms with Crippen LogP contribution in [0, 0.1) is 0 Å². The Morgan fingerprint density at radius 2 is 2.07 bits per heavy atom. The average Bonchev–Trinajstić information content (AvgIpc) is 3.36. The van der Waals surface area contributed by atoms with Gasteiger partial charge in [0.15, 0.2) is 0 Å². The second kappa shape index (κ2) is 7.92. The predicted molar refractivity (Wildman–Crippen MR) is 103 cm³/mol. The van der Waals surface area contributed by atoms with Gasteiger partial charge in [0.2, 0.25) is 17.6 Å². The Bertz CT molecular complexity index is 1030. The molecule has 3 aromatic heterocycles. The first-order chi connectivity index (χ1) is 13.3. The van der Waals surface area contributed by atoms with Gasteiger partial charge >= 0.3 is 0 Å². The largest absolute Gasteiger partial charge is 0.339 e. The number of para-hydroxylation sites is 1. The minimum absolute atomic E-state index is 0.0533. The van der Waals surface area contributed by atoms with Crippen molar-refractivity contribution in [3.05, 3.63) is 82.6 Å². The Balaban J connectivity index is 1.48. The molecular weight excluding hydrogens is 360 g/mol. The predicted octanol–water partition coefficient (Wildman–Crippen LogP) is 3.97. The fraction of sp³-hybridized carbons (Fsp3) is 0.100. The van der Waals surface area contributed by atoms with Crippen molar-refractivity contribution >= 4 is 22.9 Å². The van der Waals surface area contributed by atoms with Crippen molar-refractivity contribution in [1.82, 2.24) is 15.1 Å². The molecule has 3 heterocycles. The molecular formula is C20H16N4O2S. The monoisotopic (exact) mass is 376 g/mol. The van der Waals surface area contributed by atoms with Crippen LogP contribution >= 0.6 is 11.3 Å². The molecule has 0 radical (unpaired) electrons. The van der Waals surface area contributed by atoms with Gasteiger partial charge in [-0.15, -0.1) is 0 Å². The minimum Gasteiger partial charge on any atom is -0.339 e. The third-order valence-electron chi connectivity index (χ3n) is 3.97. The molecule has 0 atom stereocenters. The summed E-state index contributed by atoms with van der Waals surface area (Å²) in [5.74, 6) is 0.924. The molecule has 0 fully saturated rings. The fourth-order valence-electron chi connectivity index (χ4n) is 2.67. The molecule has 7 heteroatoms. The maximum atomic E-state index is 12.3. The molecule has 0 saturated carbocycles. The number of hydrogen-bond donors (Lipinski definition) is 1. The van der Waals surface area contributed by atoms with Gasteiger partial charge in [-0.05, 0) is 46.2 Å². The van der Waals surface area contributed by atoms with Crippen LogP contribution in [0.3, 0.4) is 0 Å². The van der Waals surface area contributed by atoms with Crippen molar-refractivity contribution in [3.8, 4) is 11.4 Å². The smallest absolute Gasteiger partial charge is 0.231 e. The molecule has 134 valence electrons. The van der Waals surface area contributed by atoms with Gasteiger partial charge in [0, 0.05) is 23.6 Å². The lowest BCUT2D eigenvalue weighted by Crippen LogP contribution is -2.15. The number of anilines is 1. The van der Waals surface area contributed by atoms with E-state index in [1.807, 2.05) is 53.2 Å². The van der Waals surface area contributed by atoms with Crippen molar-refractivity contribution in [2.24, 2.45) is 0 Å². The third-order valence-corrected chi connectivity index (χ3v) is 4.70. The molecule has 0 aliphatic carbocycles. The van der Waals surface area contributed by atoms with E-state index in [1.165, 1.54) is 0 Å². The summed E-state index contributed by atoms with van der Waals surface area (Å²) in [6.45, 7) is 0. The number of benzene rings is 1. The first kappa shape index (κ1) is 17.1. The zero-order valence-electron chi connectivity index (χ0n) is 14.3. The molecule has 6 nitrogen and oxygen atoms in total. The molecule has 0 spiro atoms. The van der Waals surface area contributed by atoms with Crippen molar-refractivity contribution < 1.29 is 9.32 Å². The summed E-state index contributed by atoms with van der Waals surface area (Å²) >= 11 is 1.58. The van der Waals surface area contributed by atoms with Crippen LogP contribution in [0.2, 0.25) is 0 Å². The highest BCUT2D eigenvalue weighted by molar-refractivity contribution is 7.08. The van der Waals surface area contributed by atoms with E-state index in [9.17, 15) is 4.79 Å². The quantitative estimate of drug-likeness (QED) is 0.551. The van der Waals surface area contributed by atoms with Gasteiger partial charge in [-0.1, -0.05) is 23.4 Å². The maximum Gasteiger partial charge on any atom is 0.231 e. The van der Waals surface area contributed by atoms with Crippen LogP contribution in [0.15, 0.2) is 70.1 Å². The molecule has 0 aliphatic rings. The van der Waals surface area contributed by atoms with E-state index in [0.717, 1.165) is 22.4 Å². The second-order valence-electron chi connectivity index (χ2n) is 5.94. The van der Waals surface area contributed by atoms with Crippen molar-refractivity contribution in [1.29, 1.82) is 0 Å². The summed E-state index contributed by atoms with van der Waals surface area (Å²) in [4.78, 5) is 20.8. The SMILES string of the molecule is O=C(Cc1ccsc1)Nc1ccccc1Cc1nc(-c2cccnc2)no1. The molecule has 1 amide bonds. The van der Waals surface area contributed by atoms with E-state index in [2.05, 4.69) is 20.4 Å². The highest BCUT2D eigenvalue weighted by atomic mass is 32.1. The molecule has 1 aromatic carbocycles. The number of amides is 1. The Kier molecular flexibility index (Phi) is 5.02. The van der Waals surface area contributed by atoms with Gasteiger partial charge in [-0.3, -0.25) is 9.78 Å². The zero-order chi connectivity index (χ0) is 18.5. The summed E-state index contributed by atoms with van der Waals surface area (Å²) in [6, 6.07) is 13.3. The number of carbonyl (C=O) groups is 1. The maximum absolute atomic E-state index is 12.3. The van der Waals surface area contributed by atoms with E-state index in [-0.39, 0.29) is 5.91 Å². The van der Waals surface area contributed by atoms with E-state index in [0.29, 0.717) is 24.6 Å². The molecule has 0 aliphatic heterocycles. The summed E-state index contributed by atoms with van der Waals surface area (Å²) in [6.07, 6.45) is 4.17. The molecule has 0 unspecified atom stereocenters. The number of nitrogens with zero attached hydrogens (tertiary/aromatic N) is 3.